The predicted molar refractivity (Wildman–Crippen MR) is 126 cm³/mol. The summed E-state index contributed by atoms with van der Waals surface area (Å²) in [5, 5.41) is 6.89. The van der Waals surface area contributed by atoms with Gasteiger partial charge in [-0.2, -0.15) is 0 Å². The summed E-state index contributed by atoms with van der Waals surface area (Å²) in [4.78, 5) is 11.5. The Hall–Kier alpha value is -2.74. The third-order valence-corrected chi connectivity index (χ3v) is 5.44. The number of methoxy groups -OCH3 is 2. The maximum atomic E-state index is 5.87. The molecule has 2 N–H and O–H groups in total. The Morgan fingerprint density at radius 2 is 1.94 bits per heavy atom. The fraction of sp³-hybridized carbons (Fsp3) is 0.583. The Labute approximate surface area is 191 Å². The number of nitrogens with zero attached hydrogens (tertiary/aromatic N) is 3. The minimum absolute atomic E-state index is 0.0577. The molecule has 2 aromatic rings. The van der Waals surface area contributed by atoms with E-state index in [-0.39, 0.29) is 5.41 Å². The highest BCUT2D eigenvalue weighted by molar-refractivity contribution is 5.80. The van der Waals surface area contributed by atoms with Crippen LogP contribution in [-0.2, 0) is 18.5 Å². The summed E-state index contributed by atoms with van der Waals surface area (Å²) in [5.41, 5.74) is 1.12. The van der Waals surface area contributed by atoms with E-state index in [1.54, 1.807) is 20.4 Å². The molecule has 1 fully saturated rings. The molecule has 32 heavy (non-hydrogen) atoms. The van der Waals surface area contributed by atoms with Crippen LogP contribution in [0.5, 0.6) is 11.5 Å². The Kier molecular flexibility index (Phi) is 8.01. The minimum atomic E-state index is -0.0577. The molecule has 176 valence electrons. The second-order valence-corrected chi connectivity index (χ2v) is 9.15. The highest BCUT2D eigenvalue weighted by atomic mass is 16.5. The summed E-state index contributed by atoms with van der Waals surface area (Å²) in [6.45, 7) is 12.4. The highest BCUT2D eigenvalue weighted by Gasteiger charge is 2.24. The number of aromatic nitrogens is 1. The number of oxazole rings is 1. The Morgan fingerprint density at radius 3 is 2.53 bits per heavy atom. The molecule has 0 bridgehead atoms. The molecule has 1 unspecified atom stereocenters. The summed E-state index contributed by atoms with van der Waals surface area (Å²) >= 11 is 0. The number of hydrogen-bond acceptors (Lipinski definition) is 6. The number of rotatable bonds is 8. The van der Waals surface area contributed by atoms with Gasteiger partial charge in [0.25, 0.3) is 0 Å². The Balaban J connectivity index is 1.57. The number of guanidine groups is 1. The van der Waals surface area contributed by atoms with Crippen molar-refractivity contribution in [1.29, 1.82) is 0 Å². The summed E-state index contributed by atoms with van der Waals surface area (Å²) in [6, 6.07) is 6.36. The third kappa shape index (κ3) is 6.63. The molecule has 3 rings (SSSR count). The molecule has 1 aromatic carbocycles. The zero-order valence-electron chi connectivity index (χ0n) is 20.2. The lowest BCUT2D eigenvalue weighted by Crippen LogP contribution is -2.44. The predicted octanol–water partition coefficient (Wildman–Crippen LogP) is 3.32. The first-order valence-corrected chi connectivity index (χ1v) is 11.2. The normalized spacial score (nSPS) is 17.4. The molecule has 1 saturated heterocycles. The van der Waals surface area contributed by atoms with Gasteiger partial charge in [-0.3, -0.25) is 4.90 Å². The van der Waals surface area contributed by atoms with Crippen LogP contribution in [0.25, 0.3) is 0 Å². The first kappa shape index (κ1) is 23.9. The van der Waals surface area contributed by atoms with Crippen molar-refractivity contribution in [2.24, 2.45) is 4.99 Å². The molecule has 1 aliphatic rings. The van der Waals surface area contributed by atoms with Crippen molar-refractivity contribution in [1.82, 2.24) is 20.5 Å². The summed E-state index contributed by atoms with van der Waals surface area (Å²) in [5.74, 6) is 3.93. The molecule has 0 aliphatic carbocycles. The quantitative estimate of drug-likeness (QED) is 0.478. The lowest BCUT2D eigenvalue weighted by atomic mass is 9.94. The number of ether oxygens (including phenoxy) is 2. The van der Waals surface area contributed by atoms with Crippen LogP contribution in [0.3, 0.4) is 0 Å². The van der Waals surface area contributed by atoms with Gasteiger partial charge in [0, 0.05) is 43.7 Å². The smallest absolute Gasteiger partial charge is 0.216 e. The van der Waals surface area contributed by atoms with Crippen molar-refractivity contribution in [2.75, 3.05) is 33.9 Å². The second kappa shape index (κ2) is 10.7. The maximum absolute atomic E-state index is 5.87. The van der Waals surface area contributed by atoms with Crippen LogP contribution in [0.2, 0.25) is 0 Å². The molecular formula is C24H37N5O3. The van der Waals surface area contributed by atoms with Gasteiger partial charge in [-0.05, 0) is 31.0 Å². The molecule has 1 aliphatic heterocycles. The number of likely N-dealkylation sites (tertiary alicyclic amines) is 1. The lowest BCUT2D eigenvalue weighted by Gasteiger charge is -2.19. The first-order valence-electron chi connectivity index (χ1n) is 11.2. The van der Waals surface area contributed by atoms with E-state index in [1.807, 2.05) is 6.07 Å². The number of hydrogen-bond donors (Lipinski definition) is 2. The van der Waals surface area contributed by atoms with E-state index in [0.29, 0.717) is 18.5 Å². The lowest BCUT2D eigenvalue weighted by molar-refractivity contribution is 0.321. The largest absolute Gasteiger partial charge is 0.497 e. The van der Waals surface area contributed by atoms with E-state index >= 15 is 0 Å². The monoisotopic (exact) mass is 443 g/mol. The van der Waals surface area contributed by atoms with Crippen molar-refractivity contribution in [2.45, 2.75) is 58.7 Å². The number of benzene rings is 1. The van der Waals surface area contributed by atoms with Gasteiger partial charge >= 0.3 is 0 Å². The summed E-state index contributed by atoms with van der Waals surface area (Å²) in [6.07, 6.45) is 2.85. The summed E-state index contributed by atoms with van der Waals surface area (Å²) in [7, 11) is 3.36. The van der Waals surface area contributed by atoms with E-state index in [9.17, 15) is 0 Å². The van der Waals surface area contributed by atoms with E-state index in [0.717, 1.165) is 55.8 Å². The van der Waals surface area contributed by atoms with Crippen LogP contribution in [0.4, 0.5) is 0 Å². The van der Waals surface area contributed by atoms with Crippen LogP contribution in [0.15, 0.2) is 33.8 Å². The molecule has 0 saturated carbocycles. The molecule has 1 atom stereocenters. The van der Waals surface area contributed by atoms with Crippen LogP contribution >= 0.6 is 0 Å². The van der Waals surface area contributed by atoms with Gasteiger partial charge in [0.1, 0.15) is 23.8 Å². The second-order valence-electron chi connectivity index (χ2n) is 9.15. The average molecular weight is 444 g/mol. The SMILES string of the molecule is CCNC(=NCc1ncc(C(C)(C)C)o1)NC1CCN(Cc2cc(OC)cc(OC)c2)C1. The molecule has 8 heteroatoms. The summed E-state index contributed by atoms with van der Waals surface area (Å²) < 4.78 is 16.7. The third-order valence-electron chi connectivity index (χ3n) is 5.44. The van der Waals surface area contributed by atoms with E-state index < -0.39 is 0 Å². The van der Waals surface area contributed by atoms with Gasteiger partial charge < -0.3 is 24.5 Å². The topological polar surface area (TPSA) is 84.2 Å². The van der Waals surface area contributed by atoms with Crippen molar-refractivity contribution < 1.29 is 13.9 Å². The highest BCUT2D eigenvalue weighted by Crippen LogP contribution is 2.25. The van der Waals surface area contributed by atoms with Crippen LogP contribution in [0.1, 0.15) is 51.3 Å². The van der Waals surface area contributed by atoms with Crippen molar-refractivity contribution in [3.05, 3.63) is 41.6 Å². The Morgan fingerprint density at radius 1 is 1.22 bits per heavy atom. The van der Waals surface area contributed by atoms with Crippen LogP contribution in [0, 0.1) is 0 Å². The average Bonchev–Trinajstić information content (AvgIpc) is 3.41. The van der Waals surface area contributed by atoms with Gasteiger partial charge in [0.15, 0.2) is 5.96 Å². The number of aliphatic imine (C=N–C) groups is 1. The van der Waals surface area contributed by atoms with Crippen molar-refractivity contribution in [3.63, 3.8) is 0 Å². The van der Waals surface area contributed by atoms with Gasteiger partial charge in [0.2, 0.25) is 5.89 Å². The van der Waals surface area contributed by atoms with Crippen LogP contribution in [-0.4, -0.2) is 55.7 Å². The van der Waals surface area contributed by atoms with E-state index in [4.69, 9.17) is 13.9 Å². The van der Waals surface area contributed by atoms with Crippen molar-refractivity contribution >= 4 is 5.96 Å². The molecule has 8 nitrogen and oxygen atoms in total. The van der Waals surface area contributed by atoms with E-state index in [1.165, 1.54) is 5.56 Å². The fourth-order valence-corrected chi connectivity index (χ4v) is 3.70. The molecule has 0 radical (unpaired) electrons. The fourth-order valence-electron chi connectivity index (χ4n) is 3.70. The first-order chi connectivity index (χ1) is 15.3. The van der Waals surface area contributed by atoms with Gasteiger partial charge in [-0.15, -0.1) is 0 Å². The standard InChI is InChI=1S/C24H37N5O3/c1-7-25-23(27-14-22-26-13-21(32-22)24(2,3)4)28-18-8-9-29(16-18)15-17-10-19(30-5)12-20(11-17)31-6/h10-13,18H,7-9,14-16H2,1-6H3,(H2,25,27,28). The molecule has 1 aromatic heterocycles. The molecule has 0 spiro atoms. The zero-order chi connectivity index (χ0) is 23.1. The van der Waals surface area contributed by atoms with Gasteiger partial charge in [0.05, 0.1) is 20.4 Å². The van der Waals surface area contributed by atoms with Gasteiger partial charge in [-0.1, -0.05) is 20.8 Å². The molecule has 0 amide bonds. The minimum Gasteiger partial charge on any atom is -0.497 e. The zero-order valence-corrected chi connectivity index (χ0v) is 20.2. The Bertz CT molecular complexity index is 881. The van der Waals surface area contributed by atoms with Crippen molar-refractivity contribution in [3.8, 4) is 11.5 Å². The molecule has 2 heterocycles. The van der Waals surface area contributed by atoms with Gasteiger partial charge in [-0.25, -0.2) is 9.98 Å². The number of nitrogens with one attached hydrogen (secondary N) is 2. The maximum Gasteiger partial charge on any atom is 0.216 e. The van der Waals surface area contributed by atoms with E-state index in [2.05, 4.69) is 65.3 Å². The molecular weight excluding hydrogens is 406 g/mol. The van der Waals surface area contributed by atoms with Crippen LogP contribution < -0.4 is 20.1 Å².